The Morgan fingerprint density at radius 1 is 1.13 bits per heavy atom. The van der Waals surface area contributed by atoms with Crippen LogP contribution in [0.4, 0.5) is 30.7 Å². The number of nitrogens with zero attached hydrogens (tertiary/aromatic N) is 4. The second-order valence-corrected chi connectivity index (χ2v) is 14.3. The molecule has 4 heterocycles. The first kappa shape index (κ1) is 35.6. The number of nitrogens with one attached hydrogen (secondary N) is 2. The number of aliphatic hydroxyl groups is 1. The van der Waals surface area contributed by atoms with Gasteiger partial charge >= 0.3 is 6.18 Å². The zero-order chi connectivity index (χ0) is 38.5. The normalized spacial score (nSPS) is 18.0. The molecular formula is C37H26ClF7N6O3. The Morgan fingerprint density at radius 3 is 2.57 bits per heavy atom. The van der Waals surface area contributed by atoms with Crippen LogP contribution in [0.3, 0.4) is 0 Å². The van der Waals surface area contributed by atoms with Crippen molar-refractivity contribution in [2.45, 2.75) is 62.9 Å². The Bertz CT molecular complexity index is 2560. The van der Waals surface area contributed by atoms with Crippen LogP contribution < -0.4 is 5.32 Å². The molecule has 0 spiro atoms. The molecule has 54 heavy (non-hydrogen) atoms. The molecule has 1 fully saturated rings. The highest BCUT2D eigenvalue weighted by Gasteiger charge is 2.68. The average molecular weight is 771 g/mol. The number of para-hydroxylation sites is 1. The maximum absolute atomic E-state index is 15.3. The highest BCUT2D eigenvalue weighted by atomic mass is 35.5. The van der Waals surface area contributed by atoms with Gasteiger partial charge < -0.3 is 14.8 Å². The number of carbonyl (C=O) groups excluding carboxylic acids is 1. The smallest absolute Gasteiger partial charge is 0.435 e. The van der Waals surface area contributed by atoms with E-state index < -0.39 is 76.6 Å². The Labute approximate surface area is 305 Å². The number of aromatic amines is 1. The fourth-order valence-corrected chi connectivity index (χ4v) is 7.31. The van der Waals surface area contributed by atoms with E-state index in [2.05, 4.69) is 37.4 Å². The SMILES string of the molecule is CC(C)(O)C#Cc1ccc(-c2cccc3c2oc2c(Cl)[nH]nc23)c(C(Cc2cc(F)cc(F)c2)NC(=O)Cn2nc(C(F)(F)F)c3c2C(F)(F)[C@@H]2C[C@H]32)n1. The first-order valence-electron chi connectivity index (χ1n) is 16.5. The third kappa shape index (κ3) is 6.24. The second-order valence-electron chi connectivity index (χ2n) is 13.9. The van der Waals surface area contributed by atoms with E-state index in [-0.39, 0.29) is 40.5 Å². The molecule has 1 unspecified atom stereocenters. The predicted octanol–water partition coefficient (Wildman–Crippen LogP) is 7.95. The van der Waals surface area contributed by atoms with E-state index in [1.54, 1.807) is 24.3 Å². The molecule has 4 aromatic heterocycles. The minimum absolute atomic E-state index is 0.0472. The minimum Gasteiger partial charge on any atom is -0.450 e. The third-order valence-electron chi connectivity index (χ3n) is 9.39. The standard InChI is InChI=1S/C37H26ClF7N6O3/c1-35(2,53)9-8-19-6-7-20(21-4-3-5-22-29-31(54-30(21)22)34(38)49-48-29)28(46-19)25(12-16-10-17(39)13-18(40)11-16)47-26(52)15-51-33-27(32(50-51)37(43,44)45)23-14-24(23)36(33,41)42/h3-7,10-11,13,23-25,53H,12,14-15H2,1-2H3,(H,47,52)(H,48,49)/t23-,24+,25?/m0/s1. The number of pyridine rings is 1. The number of benzene rings is 2. The van der Waals surface area contributed by atoms with E-state index in [1.807, 2.05) is 0 Å². The number of amides is 1. The fourth-order valence-electron chi connectivity index (χ4n) is 7.14. The summed E-state index contributed by atoms with van der Waals surface area (Å²) in [6.45, 7) is 1.84. The molecule has 2 aliphatic rings. The van der Waals surface area contributed by atoms with Crippen molar-refractivity contribution in [3.8, 4) is 23.0 Å². The van der Waals surface area contributed by atoms with Crippen LogP contribution in [0.25, 0.3) is 33.2 Å². The van der Waals surface area contributed by atoms with Gasteiger partial charge in [0, 0.05) is 34.1 Å². The lowest BCUT2D eigenvalue weighted by Gasteiger charge is -2.23. The van der Waals surface area contributed by atoms with Crippen molar-refractivity contribution in [1.29, 1.82) is 0 Å². The second kappa shape index (κ2) is 12.3. The first-order valence-corrected chi connectivity index (χ1v) is 16.9. The third-order valence-corrected chi connectivity index (χ3v) is 9.64. The van der Waals surface area contributed by atoms with Crippen LogP contribution in [-0.4, -0.2) is 41.6 Å². The number of alkyl halides is 5. The van der Waals surface area contributed by atoms with Crippen molar-refractivity contribution in [3.05, 3.63) is 99.2 Å². The van der Waals surface area contributed by atoms with Crippen LogP contribution in [0.1, 0.15) is 66.1 Å². The molecule has 2 aromatic carbocycles. The lowest BCUT2D eigenvalue weighted by atomic mass is 9.94. The quantitative estimate of drug-likeness (QED) is 0.112. The van der Waals surface area contributed by atoms with E-state index in [4.69, 9.17) is 16.0 Å². The van der Waals surface area contributed by atoms with Crippen molar-refractivity contribution in [2.24, 2.45) is 5.92 Å². The Morgan fingerprint density at radius 2 is 1.87 bits per heavy atom. The molecule has 1 amide bonds. The van der Waals surface area contributed by atoms with Crippen LogP contribution in [0, 0.1) is 29.4 Å². The van der Waals surface area contributed by atoms with Crippen LogP contribution >= 0.6 is 11.6 Å². The molecule has 2 aliphatic carbocycles. The van der Waals surface area contributed by atoms with Crippen molar-refractivity contribution in [2.75, 3.05) is 0 Å². The van der Waals surface area contributed by atoms with Gasteiger partial charge in [-0.25, -0.2) is 13.8 Å². The summed E-state index contributed by atoms with van der Waals surface area (Å²) < 4.78 is 108. The number of fused-ring (bicyclic) bond motifs is 6. The number of hydrogen-bond acceptors (Lipinski definition) is 6. The maximum atomic E-state index is 15.3. The van der Waals surface area contributed by atoms with Gasteiger partial charge in [-0.1, -0.05) is 29.7 Å². The average Bonchev–Trinajstić information content (AvgIpc) is 3.34. The van der Waals surface area contributed by atoms with Gasteiger partial charge in [-0.3, -0.25) is 14.6 Å². The van der Waals surface area contributed by atoms with Gasteiger partial charge in [0.2, 0.25) is 5.91 Å². The van der Waals surface area contributed by atoms with Crippen molar-refractivity contribution in [3.63, 3.8) is 0 Å². The summed E-state index contributed by atoms with van der Waals surface area (Å²) in [5.41, 5.74) is -2.59. The molecule has 6 aromatic rings. The Kier molecular flexibility index (Phi) is 8.13. The van der Waals surface area contributed by atoms with E-state index in [0.29, 0.717) is 38.4 Å². The van der Waals surface area contributed by atoms with Crippen molar-refractivity contribution in [1.82, 2.24) is 30.3 Å². The van der Waals surface area contributed by atoms with Gasteiger partial charge in [-0.2, -0.15) is 32.1 Å². The molecular weight excluding hydrogens is 745 g/mol. The van der Waals surface area contributed by atoms with Gasteiger partial charge in [0.05, 0.1) is 11.7 Å². The Balaban J connectivity index is 1.26. The lowest BCUT2D eigenvalue weighted by molar-refractivity contribution is -0.142. The minimum atomic E-state index is -5.05. The van der Waals surface area contributed by atoms with Gasteiger partial charge in [-0.05, 0) is 74.4 Å². The van der Waals surface area contributed by atoms with Crippen molar-refractivity contribution < 1.29 is 45.1 Å². The van der Waals surface area contributed by atoms with Crippen LogP contribution in [0.2, 0.25) is 5.15 Å². The van der Waals surface area contributed by atoms with Gasteiger partial charge in [0.25, 0.3) is 5.92 Å². The summed E-state index contributed by atoms with van der Waals surface area (Å²) in [7, 11) is 0. The summed E-state index contributed by atoms with van der Waals surface area (Å²) in [6.07, 6.45) is -5.52. The fraction of sp³-hybridized carbons (Fsp3) is 0.297. The summed E-state index contributed by atoms with van der Waals surface area (Å²) in [6, 6.07) is 9.59. The number of hydrogen-bond donors (Lipinski definition) is 3. The summed E-state index contributed by atoms with van der Waals surface area (Å²) in [5.74, 6) is -3.51. The number of furan rings is 1. The number of H-pyrrole nitrogens is 1. The number of carbonyl (C=O) groups is 1. The summed E-state index contributed by atoms with van der Waals surface area (Å²) in [4.78, 5) is 18.5. The molecule has 278 valence electrons. The topological polar surface area (TPSA) is 122 Å². The molecule has 0 aliphatic heterocycles. The van der Waals surface area contributed by atoms with E-state index in [1.165, 1.54) is 19.9 Å². The van der Waals surface area contributed by atoms with Crippen LogP contribution in [-0.2, 0) is 29.9 Å². The number of aromatic nitrogens is 5. The highest BCUT2D eigenvalue weighted by molar-refractivity contribution is 6.34. The lowest BCUT2D eigenvalue weighted by Crippen LogP contribution is -2.35. The van der Waals surface area contributed by atoms with E-state index >= 15 is 8.78 Å². The molecule has 8 rings (SSSR count). The molecule has 0 radical (unpaired) electrons. The molecule has 0 bridgehead atoms. The Hall–Kier alpha value is -5.40. The highest BCUT2D eigenvalue weighted by Crippen LogP contribution is 2.68. The van der Waals surface area contributed by atoms with Gasteiger partial charge in [0.15, 0.2) is 16.4 Å². The van der Waals surface area contributed by atoms with Gasteiger partial charge in [-0.15, -0.1) is 0 Å². The zero-order valence-electron chi connectivity index (χ0n) is 28.0. The summed E-state index contributed by atoms with van der Waals surface area (Å²) in [5, 5.41) is 23.9. The molecule has 0 saturated heterocycles. The monoisotopic (exact) mass is 770 g/mol. The van der Waals surface area contributed by atoms with E-state index in [0.717, 1.165) is 12.1 Å². The summed E-state index contributed by atoms with van der Waals surface area (Å²) >= 11 is 6.26. The molecule has 1 saturated carbocycles. The predicted molar refractivity (Wildman–Crippen MR) is 180 cm³/mol. The first-order chi connectivity index (χ1) is 25.4. The van der Waals surface area contributed by atoms with Crippen molar-refractivity contribution >= 4 is 39.6 Å². The van der Waals surface area contributed by atoms with Crippen LogP contribution in [0.5, 0.6) is 0 Å². The molecule has 9 nitrogen and oxygen atoms in total. The molecule has 17 heteroatoms. The largest absolute Gasteiger partial charge is 0.450 e. The zero-order valence-corrected chi connectivity index (χ0v) is 28.8. The van der Waals surface area contributed by atoms with Crippen LogP contribution in [0.15, 0.2) is 52.9 Å². The van der Waals surface area contributed by atoms with Gasteiger partial charge in [0.1, 0.15) is 46.3 Å². The number of halogens is 8. The number of rotatable bonds is 7. The van der Waals surface area contributed by atoms with E-state index in [9.17, 15) is 31.9 Å². The maximum Gasteiger partial charge on any atom is 0.435 e. The molecule has 3 N–H and O–H groups in total. The molecule has 3 atom stereocenters.